The van der Waals surface area contributed by atoms with Crippen molar-refractivity contribution in [3.8, 4) is 11.8 Å². The maximum Gasteiger partial charge on any atom is 0.262 e. The standard InChI is InChI=1S/C23H26N4O4/c24-16-18-6-8-19(9-7-18)31-17-22(28)26-21-5-2-1-4-20(21)23(29)25-10-3-11-27-12-14-30-15-13-27/h1-2,4-9H,3,10-15,17H2,(H,25,29)(H,26,28)/p+1. The minimum absolute atomic E-state index is 0.204. The van der Waals surface area contributed by atoms with Crippen molar-refractivity contribution in [2.75, 3.05) is 51.3 Å². The summed E-state index contributed by atoms with van der Waals surface area (Å²) < 4.78 is 10.8. The number of quaternary nitrogens is 1. The van der Waals surface area contributed by atoms with Crippen LogP contribution < -0.4 is 20.3 Å². The molecule has 0 spiro atoms. The first-order chi connectivity index (χ1) is 15.2. The van der Waals surface area contributed by atoms with Gasteiger partial charge >= 0.3 is 0 Å². The molecule has 1 aliphatic rings. The van der Waals surface area contributed by atoms with Gasteiger partial charge in [0.1, 0.15) is 18.8 Å². The van der Waals surface area contributed by atoms with Gasteiger partial charge in [-0.3, -0.25) is 9.59 Å². The van der Waals surface area contributed by atoms with Gasteiger partial charge in [0.15, 0.2) is 6.61 Å². The predicted octanol–water partition coefficient (Wildman–Crippen LogP) is 0.611. The van der Waals surface area contributed by atoms with Crippen LogP contribution in [-0.2, 0) is 9.53 Å². The zero-order valence-electron chi connectivity index (χ0n) is 17.4. The van der Waals surface area contributed by atoms with E-state index in [1.807, 2.05) is 6.07 Å². The molecule has 2 aromatic rings. The van der Waals surface area contributed by atoms with Crippen molar-refractivity contribution in [1.29, 1.82) is 5.26 Å². The van der Waals surface area contributed by atoms with E-state index < -0.39 is 0 Å². The third kappa shape index (κ3) is 7.10. The second kappa shape index (κ2) is 11.7. The third-order valence-electron chi connectivity index (χ3n) is 4.99. The largest absolute Gasteiger partial charge is 0.484 e. The molecule has 0 atom stereocenters. The number of carbonyl (C=O) groups excluding carboxylic acids is 2. The summed E-state index contributed by atoms with van der Waals surface area (Å²) >= 11 is 0. The number of carbonyl (C=O) groups is 2. The number of hydrogen-bond acceptors (Lipinski definition) is 5. The van der Waals surface area contributed by atoms with Crippen LogP contribution >= 0.6 is 0 Å². The van der Waals surface area contributed by atoms with Gasteiger partial charge in [-0.15, -0.1) is 0 Å². The summed E-state index contributed by atoms with van der Waals surface area (Å²) in [4.78, 5) is 26.4. The SMILES string of the molecule is N#Cc1ccc(OCC(=O)Nc2ccccc2C(=O)NCCC[NH+]2CCOCC2)cc1. The van der Waals surface area contributed by atoms with E-state index in [9.17, 15) is 9.59 Å². The fourth-order valence-corrected chi connectivity index (χ4v) is 3.30. The molecule has 0 radical (unpaired) electrons. The molecular formula is C23H27N4O4+. The van der Waals surface area contributed by atoms with Crippen molar-refractivity contribution in [2.45, 2.75) is 6.42 Å². The first-order valence-corrected chi connectivity index (χ1v) is 10.4. The van der Waals surface area contributed by atoms with Crippen LogP contribution in [0.5, 0.6) is 5.75 Å². The number of ether oxygens (including phenoxy) is 2. The van der Waals surface area contributed by atoms with Gasteiger partial charge in [-0.25, -0.2) is 0 Å². The number of nitrogens with zero attached hydrogens (tertiary/aromatic N) is 1. The summed E-state index contributed by atoms with van der Waals surface area (Å²) in [7, 11) is 0. The van der Waals surface area contributed by atoms with Crippen LogP contribution in [0.2, 0.25) is 0 Å². The first-order valence-electron chi connectivity index (χ1n) is 10.4. The molecule has 0 aliphatic carbocycles. The van der Waals surface area contributed by atoms with Crippen LogP contribution in [0.4, 0.5) is 5.69 Å². The molecule has 0 bridgehead atoms. The van der Waals surface area contributed by atoms with Crippen molar-refractivity contribution in [3.05, 3.63) is 59.7 Å². The van der Waals surface area contributed by atoms with E-state index in [1.54, 1.807) is 48.5 Å². The predicted molar refractivity (Wildman–Crippen MR) is 115 cm³/mol. The molecule has 0 unspecified atom stereocenters. The average molecular weight is 423 g/mol. The zero-order chi connectivity index (χ0) is 21.9. The van der Waals surface area contributed by atoms with E-state index in [0.717, 1.165) is 39.3 Å². The zero-order valence-corrected chi connectivity index (χ0v) is 17.4. The lowest BCUT2D eigenvalue weighted by molar-refractivity contribution is -0.908. The molecule has 1 aliphatic heterocycles. The van der Waals surface area contributed by atoms with E-state index in [0.29, 0.717) is 29.1 Å². The number of hydrogen-bond donors (Lipinski definition) is 3. The molecule has 8 heteroatoms. The Balaban J connectivity index is 1.46. The number of rotatable bonds is 9. The quantitative estimate of drug-likeness (QED) is 0.513. The summed E-state index contributed by atoms with van der Waals surface area (Å²) in [5.41, 5.74) is 1.36. The smallest absolute Gasteiger partial charge is 0.262 e. The van der Waals surface area contributed by atoms with Crippen LogP contribution in [0.15, 0.2) is 48.5 Å². The maximum absolute atomic E-state index is 12.6. The van der Waals surface area contributed by atoms with Gasteiger partial charge in [-0.05, 0) is 36.4 Å². The Labute approximate surface area is 181 Å². The number of nitriles is 1. The number of nitrogens with one attached hydrogen (secondary N) is 3. The molecule has 1 fully saturated rings. The van der Waals surface area contributed by atoms with Gasteiger partial charge in [-0.2, -0.15) is 5.26 Å². The van der Waals surface area contributed by atoms with Crippen LogP contribution in [0.25, 0.3) is 0 Å². The van der Waals surface area contributed by atoms with Gasteiger partial charge in [-0.1, -0.05) is 12.1 Å². The molecule has 0 aromatic heterocycles. The van der Waals surface area contributed by atoms with Gasteiger partial charge in [0.05, 0.1) is 42.6 Å². The highest BCUT2D eigenvalue weighted by molar-refractivity contribution is 6.04. The van der Waals surface area contributed by atoms with Gasteiger partial charge < -0.3 is 25.0 Å². The van der Waals surface area contributed by atoms with Crippen LogP contribution in [0.1, 0.15) is 22.3 Å². The lowest BCUT2D eigenvalue weighted by Gasteiger charge is -2.23. The summed E-state index contributed by atoms with van der Waals surface area (Å²) in [6.07, 6.45) is 0.883. The van der Waals surface area contributed by atoms with E-state index in [4.69, 9.17) is 14.7 Å². The summed E-state index contributed by atoms with van der Waals surface area (Å²) in [5.74, 6) is -0.107. The molecular weight excluding hydrogens is 396 g/mol. The number of benzene rings is 2. The molecule has 2 aromatic carbocycles. The Morgan fingerprint density at radius 2 is 1.84 bits per heavy atom. The Bertz CT molecular complexity index is 918. The van der Waals surface area contributed by atoms with Crippen molar-refractivity contribution >= 4 is 17.5 Å². The monoisotopic (exact) mass is 423 g/mol. The Hall–Kier alpha value is -3.41. The van der Waals surface area contributed by atoms with Crippen molar-refractivity contribution in [2.24, 2.45) is 0 Å². The molecule has 0 saturated carbocycles. The van der Waals surface area contributed by atoms with Crippen molar-refractivity contribution in [1.82, 2.24) is 5.32 Å². The molecule has 3 rings (SSSR count). The molecule has 8 nitrogen and oxygen atoms in total. The second-order valence-electron chi connectivity index (χ2n) is 7.24. The number of amides is 2. The Morgan fingerprint density at radius 1 is 1.10 bits per heavy atom. The minimum atomic E-state index is -0.375. The molecule has 1 heterocycles. The van der Waals surface area contributed by atoms with Crippen molar-refractivity contribution in [3.63, 3.8) is 0 Å². The Morgan fingerprint density at radius 3 is 2.58 bits per heavy atom. The van der Waals surface area contributed by atoms with Gasteiger partial charge in [0.2, 0.25) is 0 Å². The van der Waals surface area contributed by atoms with Crippen LogP contribution in [-0.4, -0.2) is 57.8 Å². The topological polar surface area (TPSA) is 105 Å². The van der Waals surface area contributed by atoms with E-state index >= 15 is 0 Å². The third-order valence-corrected chi connectivity index (χ3v) is 4.99. The lowest BCUT2D eigenvalue weighted by atomic mass is 10.1. The van der Waals surface area contributed by atoms with Gasteiger partial charge in [0.25, 0.3) is 11.8 Å². The molecule has 2 amide bonds. The number of morpholine rings is 1. The highest BCUT2D eigenvalue weighted by atomic mass is 16.5. The summed E-state index contributed by atoms with van der Waals surface area (Å²) in [6, 6.07) is 15.4. The fourth-order valence-electron chi connectivity index (χ4n) is 3.30. The Kier molecular flexibility index (Phi) is 8.40. The van der Waals surface area contributed by atoms with E-state index in [-0.39, 0.29) is 18.4 Å². The normalized spacial score (nSPS) is 13.8. The molecule has 31 heavy (non-hydrogen) atoms. The van der Waals surface area contributed by atoms with E-state index in [2.05, 4.69) is 10.6 Å². The van der Waals surface area contributed by atoms with E-state index in [1.165, 1.54) is 4.90 Å². The maximum atomic E-state index is 12.6. The molecule has 1 saturated heterocycles. The van der Waals surface area contributed by atoms with Crippen LogP contribution in [0.3, 0.4) is 0 Å². The minimum Gasteiger partial charge on any atom is -0.484 e. The van der Waals surface area contributed by atoms with Gasteiger partial charge in [0, 0.05) is 13.0 Å². The number of para-hydroxylation sites is 1. The molecule has 3 N–H and O–H groups in total. The second-order valence-corrected chi connectivity index (χ2v) is 7.24. The first kappa shape index (κ1) is 22.3. The van der Waals surface area contributed by atoms with Crippen molar-refractivity contribution < 1.29 is 24.0 Å². The fraction of sp³-hybridized carbons (Fsp3) is 0.348. The number of anilines is 1. The summed E-state index contributed by atoms with van der Waals surface area (Å²) in [5, 5.41) is 14.5. The highest BCUT2D eigenvalue weighted by Gasteiger charge is 2.15. The highest BCUT2D eigenvalue weighted by Crippen LogP contribution is 2.16. The molecule has 162 valence electrons. The average Bonchev–Trinajstić information content (AvgIpc) is 2.82. The lowest BCUT2D eigenvalue weighted by Crippen LogP contribution is -3.14. The summed E-state index contributed by atoms with van der Waals surface area (Å²) in [6.45, 7) is 4.97. The van der Waals surface area contributed by atoms with Crippen LogP contribution in [0, 0.1) is 11.3 Å².